The summed E-state index contributed by atoms with van der Waals surface area (Å²) in [4.78, 5) is 4.70. The molecule has 1 aliphatic heterocycles. The second-order valence-corrected chi connectivity index (χ2v) is 6.27. The van der Waals surface area contributed by atoms with Crippen LogP contribution < -0.4 is 5.73 Å². The maximum Gasteiger partial charge on any atom is 0.234 e. The van der Waals surface area contributed by atoms with E-state index in [2.05, 4.69) is 5.16 Å². The van der Waals surface area contributed by atoms with Crippen LogP contribution >= 0.6 is 0 Å². The van der Waals surface area contributed by atoms with E-state index in [1.54, 1.807) is 0 Å². The topological polar surface area (TPSA) is 74.2 Å². The van der Waals surface area contributed by atoms with Crippen LogP contribution in [0.5, 0.6) is 0 Å². The highest BCUT2D eigenvalue weighted by atomic mass is 16.5. The summed E-state index contributed by atoms with van der Waals surface area (Å²) in [7, 11) is 0. The van der Waals surface area contributed by atoms with Crippen molar-refractivity contribution < 1.29 is 9.26 Å². The molecular formula is C15H25N3O2. The molecule has 0 aromatic carbocycles. The Balaban J connectivity index is 1.79. The number of rotatable bonds is 3. The molecule has 112 valence electrons. The maximum absolute atomic E-state index is 6.07. The first kappa shape index (κ1) is 14.0. The zero-order valence-electron chi connectivity index (χ0n) is 12.1. The first-order valence-corrected chi connectivity index (χ1v) is 7.96. The fraction of sp³-hybridized carbons (Fsp3) is 0.867. The van der Waals surface area contributed by atoms with Gasteiger partial charge in [0, 0.05) is 19.1 Å². The van der Waals surface area contributed by atoms with Crippen LogP contribution in [0.1, 0.15) is 69.0 Å². The molecule has 0 spiro atoms. The molecule has 1 unspecified atom stereocenters. The van der Waals surface area contributed by atoms with Gasteiger partial charge >= 0.3 is 0 Å². The van der Waals surface area contributed by atoms with Crippen LogP contribution in [0.3, 0.4) is 0 Å². The van der Waals surface area contributed by atoms with Gasteiger partial charge in [0.2, 0.25) is 5.89 Å². The second kappa shape index (κ2) is 6.22. The third kappa shape index (κ3) is 2.74. The highest BCUT2D eigenvalue weighted by Gasteiger charge is 2.37. The zero-order valence-corrected chi connectivity index (χ0v) is 12.1. The summed E-state index contributed by atoms with van der Waals surface area (Å²) in [5.74, 6) is 1.88. The lowest BCUT2D eigenvalue weighted by atomic mass is 9.80. The van der Waals surface area contributed by atoms with Crippen molar-refractivity contribution in [1.29, 1.82) is 0 Å². The van der Waals surface area contributed by atoms with Crippen LogP contribution in [-0.2, 0) is 10.2 Å². The van der Waals surface area contributed by atoms with Gasteiger partial charge in [-0.3, -0.25) is 0 Å². The monoisotopic (exact) mass is 279 g/mol. The number of nitrogens with zero attached hydrogens (tertiary/aromatic N) is 2. The summed E-state index contributed by atoms with van der Waals surface area (Å²) in [6.45, 7) is 2.18. The summed E-state index contributed by atoms with van der Waals surface area (Å²) in [6, 6.07) is 0. The van der Waals surface area contributed by atoms with E-state index >= 15 is 0 Å². The Kier molecular flexibility index (Phi) is 4.36. The van der Waals surface area contributed by atoms with Crippen molar-refractivity contribution in [2.45, 2.75) is 62.7 Å². The van der Waals surface area contributed by atoms with Gasteiger partial charge in [-0.05, 0) is 25.7 Å². The molecule has 1 atom stereocenters. The Bertz CT molecular complexity index is 419. The van der Waals surface area contributed by atoms with E-state index in [1.165, 1.54) is 25.7 Å². The van der Waals surface area contributed by atoms with Gasteiger partial charge in [-0.15, -0.1) is 0 Å². The van der Waals surface area contributed by atoms with Crippen LogP contribution in [0.15, 0.2) is 4.52 Å². The molecule has 1 saturated heterocycles. The lowest BCUT2D eigenvalue weighted by Gasteiger charge is -2.26. The molecule has 0 radical (unpaired) electrons. The van der Waals surface area contributed by atoms with E-state index in [0.717, 1.165) is 44.0 Å². The van der Waals surface area contributed by atoms with Gasteiger partial charge in [0.05, 0.1) is 12.0 Å². The van der Waals surface area contributed by atoms with Crippen molar-refractivity contribution in [2.24, 2.45) is 5.73 Å². The van der Waals surface area contributed by atoms with Gasteiger partial charge in [-0.2, -0.15) is 4.98 Å². The maximum atomic E-state index is 6.07. The molecule has 5 heteroatoms. The van der Waals surface area contributed by atoms with Crippen molar-refractivity contribution >= 4 is 0 Å². The minimum Gasteiger partial charge on any atom is -0.381 e. The summed E-state index contributed by atoms with van der Waals surface area (Å²) in [5, 5.41) is 4.22. The molecule has 1 aromatic heterocycles. The summed E-state index contributed by atoms with van der Waals surface area (Å²) in [6.07, 6.45) is 9.32. The zero-order chi connectivity index (χ0) is 13.8. The third-order valence-electron chi connectivity index (χ3n) is 4.87. The normalized spacial score (nSPS) is 27.1. The van der Waals surface area contributed by atoms with Crippen molar-refractivity contribution in [3.8, 4) is 0 Å². The van der Waals surface area contributed by atoms with Crippen LogP contribution in [-0.4, -0.2) is 29.9 Å². The highest BCUT2D eigenvalue weighted by molar-refractivity contribution is 5.09. The molecule has 1 aliphatic carbocycles. The van der Waals surface area contributed by atoms with Gasteiger partial charge in [0.15, 0.2) is 5.82 Å². The lowest BCUT2D eigenvalue weighted by Crippen LogP contribution is -2.35. The molecule has 20 heavy (non-hydrogen) atoms. The van der Waals surface area contributed by atoms with E-state index in [-0.39, 0.29) is 5.41 Å². The molecule has 2 fully saturated rings. The molecule has 3 rings (SSSR count). The van der Waals surface area contributed by atoms with E-state index in [0.29, 0.717) is 19.1 Å². The number of hydrogen-bond acceptors (Lipinski definition) is 5. The van der Waals surface area contributed by atoms with E-state index in [1.807, 2.05) is 0 Å². The highest BCUT2D eigenvalue weighted by Crippen LogP contribution is 2.37. The van der Waals surface area contributed by atoms with Crippen molar-refractivity contribution in [2.75, 3.05) is 19.8 Å². The Morgan fingerprint density at radius 3 is 2.60 bits per heavy atom. The Morgan fingerprint density at radius 2 is 1.95 bits per heavy atom. The molecule has 0 bridgehead atoms. The predicted molar refractivity (Wildman–Crippen MR) is 75.5 cm³/mol. The first-order valence-electron chi connectivity index (χ1n) is 7.96. The summed E-state index contributed by atoms with van der Waals surface area (Å²) >= 11 is 0. The lowest BCUT2D eigenvalue weighted by molar-refractivity contribution is 0.0773. The minimum atomic E-state index is -0.0860. The van der Waals surface area contributed by atoms with Crippen LogP contribution in [0.2, 0.25) is 0 Å². The number of hydrogen-bond donors (Lipinski definition) is 1. The predicted octanol–water partition coefficient (Wildman–Crippen LogP) is 2.51. The average molecular weight is 279 g/mol. The minimum absolute atomic E-state index is 0.0860. The fourth-order valence-electron chi connectivity index (χ4n) is 3.47. The summed E-state index contributed by atoms with van der Waals surface area (Å²) in [5.41, 5.74) is 5.99. The van der Waals surface area contributed by atoms with Gasteiger partial charge < -0.3 is 15.0 Å². The van der Waals surface area contributed by atoms with Gasteiger partial charge in [-0.1, -0.05) is 30.8 Å². The average Bonchev–Trinajstić information content (AvgIpc) is 2.88. The van der Waals surface area contributed by atoms with E-state index in [9.17, 15) is 0 Å². The Morgan fingerprint density at radius 1 is 1.15 bits per heavy atom. The number of ether oxygens (including phenoxy) is 1. The number of nitrogens with two attached hydrogens (primary N) is 1. The van der Waals surface area contributed by atoms with E-state index in [4.69, 9.17) is 20.0 Å². The molecule has 1 saturated carbocycles. The van der Waals surface area contributed by atoms with E-state index < -0.39 is 0 Å². The quantitative estimate of drug-likeness (QED) is 0.860. The fourth-order valence-corrected chi connectivity index (χ4v) is 3.47. The molecule has 0 amide bonds. The van der Waals surface area contributed by atoms with Crippen LogP contribution in [0.4, 0.5) is 0 Å². The van der Waals surface area contributed by atoms with Crippen molar-refractivity contribution in [3.05, 3.63) is 11.7 Å². The largest absolute Gasteiger partial charge is 0.381 e. The summed E-state index contributed by atoms with van der Waals surface area (Å²) < 4.78 is 11.1. The van der Waals surface area contributed by atoms with Gasteiger partial charge in [0.25, 0.3) is 0 Å². The number of aromatic nitrogens is 2. The van der Waals surface area contributed by atoms with Crippen molar-refractivity contribution in [3.63, 3.8) is 0 Å². The first-order chi connectivity index (χ1) is 9.84. The van der Waals surface area contributed by atoms with Crippen LogP contribution in [0, 0.1) is 0 Å². The molecule has 2 aliphatic rings. The standard InChI is InChI=1S/C15H25N3O2/c16-11-15(7-3-1-2-4-8-15)14-17-13(18-20-14)12-6-5-9-19-10-12/h12H,1-11,16H2. The smallest absolute Gasteiger partial charge is 0.234 e. The molecule has 2 heterocycles. The SMILES string of the molecule is NCC1(c2nc(C3CCCOC3)no2)CCCCCC1. The van der Waals surface area contributed by atoms with Crippen molar-refractivity contribution in [1.82, 2.24) is 10.1 Å². The molecule has 5 nitrogen and oxygen atoms in total. The third-order valence-corrected chi connectivity index (χ3v) is 4.87. The van der Waals surface area contributed by atoms with Gasteiger partial charge in [0.1, 0.15) is 0 Å². The molecule has 2 N–H and O–H groups in total. The van der Waals surface area contributed by atoms with Gasteiger partial charge in [-0.25, -0.2) is 0 Å². The Labute approximate surface area is 120 Å². The molecule has 1 aromatic rings. The second-order valence-electron chi connectivity index (χ2n) is 6.27. The Hall–Kier alpha value is -0.940. The molecular weight excluding hydrogens is 254 g/mol. The van der Waals surface area contributed by atoms with Crippen LogP contribution in [0.25, 0.3) is 0 Å².